The molecule has 0 bridgehead atoms. The number of rotatable bonds is 5. The second kappa shape index (κ2) is 5.04. The zero-order chi connectivity index (χ0) is 11.3. The van der Waals surface area contributed by atoms with E-state index in [9.17, 15) is 4.79 Å². The zero-order valence-electron chi connectivity index (χ0n) is 8.32. The van der Waals surface area contributed by atoms with E-state index in [0.717, 1.165) is 12.6 Å². The lowest BCUT2D eigenvalue weighted by atomic mass is 10.3. The van der Waals surface area contributed by atoms with E-state index in [1.165, 1.54) is 6.20 Å². The third-order valence-electron chi connectivity index (χ3n) is 1.71. The molecule has 0 aliphatic carbocycles. The predicted octanol–water partition coefficient (Wildman–Crippen LogP) is 0.994. The Morgan fingerprint density at radius 1 is 1.73 bits per heavy atom. The monoisotopic (exact) mass is 208 g/mol. The van der Waals surface area contributed by atoms with Gasteiger partial charge in [-0.1, -0.05) is 6.92 Å². The van der Waals surface area contributed by atoms with Crippen LogP contribution in [-0.2, 0) is 0 Å². The lowest BCUT2D eigenvalue weighted by Crippen LogP contribution is -2.11. The van der Waals surface area contributed by atoms with E-state index >= 15 is 0 Å². The molecule has 0 saturated carbocycles. The zero-order valence-corrected chi connectivity index (χ0v) is 8.32. The van der Waals surface area contributed by atoms with E-state index in [2.05, 4.69) is 15.3 Å². The van der Waals surface area contributed by atoms with Crippen molar-refractivity contribution in [3.05, 3.63) is 17.6 Å². The molecule has 0 aliphatic rings. The molecular formula is C9H12N4O2. The number of carboxylic acids is 1. The SMILES string of the molecule is CCCNc1nc(C(=O)O)ncc1C=N. The van der Waals surface area contributed by atoms with E-state index in [0.29, 0.717) is 17.9 Å². The number of hydrogen-bond donors (Lipinski definition) is 3. The minimum Gasteiger partial charge on any atom is -0.475 e. The summed E-state index contributed by atoms with van der Waals surface area (Å²) in [5.41, 5.74) is 0.480. The molecule has 0 aliphatic heterocycles. The van der Waals surface area contributed by atoms with Crippen molar-refractivity contribution in [2.75, 3.05) is 11.9 Å². The highest BCUT2D eigenvalue weighted by Gasteiger charge is 2.10. The summed E-state index contributed by atoms with van der Waals surface area (Å²) in [5.74, 6) is -1.05. The van der Waals surface area contributed by atoms with E-state index in [1.807, 2.05) is 6.92 Å². The van der Waals surface area contributed by atoms with Gasteiger partial charge in [0.1, 0.15) is 5.82 Å². The molecule has 0 spiro atoms. The van der Waals surface area contributed by atoms with Crippen LogP contribution in [0.5, 0.6) is 0 Å². The van der Waals surface area contributed by atoms with Crippen molar-refractivity contribution in [1.29, 1.82) is 5.41 Å². The maximum Gasteiger partial charge on any atom is 0.374 e. The molecule has 6 heteroatoms. The molecular weight excluding hydrogens is 196 g/mol. The summed E-state index contributed by atoms with van der Waals surface area (Å²) in [7, 11) is 0. The van der Waals surface area contributed by atoms with Crippen molar-refractivity contribution in [3.8, 4) is 0 Å². The summed E-state index contributed by atoms with van der Waals surface area (Å²) < 4.78 is 0. The van der Waals surface area contributed by atoms with Gasteiger partial charge in [-0.25, -0.2) is 14.8 Å². The Morgan fingerprint density at radius 2 is 2.47 bits per heavy atom. The van der Waals surface area contributed by atoms with E-state index in [1.54, 1.807) is 0 Å². The van der Waals surface area contributed by atoms with Gasteiger partial charge in [0.05, 0.1) is 5.56 Å². The maximum absolute atomic E-state index is 10.6. The van der Waals surface area contributed by atoms with Crippen LogP contribution in [0.2, 0.25) is 0 Å². The number of carboxylic acid groups (broad SMARTS) is 1. The molecule has 80 valence electrons. The Morgan fingerprint density at radius 3 is 3.00 bits per heavy atom. The Hall–Kier alpha value is -1.98. The molecule has 0 aromatic carbocycles. The van der Waals surface area contributed by atoms with Crippen molar-refractivity contribution < 1.29 is 9.90 Å². The summed E-state index contributed by atoms with van der Waals surface area (Å²) >= 11 is 0. The summed E-state index contributed by atoms with van der Waals surface area (Å²) in [6.45, 7) is 2.66. The topological polar surface area (TPSA) is 99.0 Å². The second-order valence-electron chi connectivity index (χ2n) is 2.87. The minimum absolute atomic E-state index is 0.265. The predicted molar refractivity (Wildman–Crippen MR) is 55.7 cm³/mol. The van der Waals surface area contributed by atoms with Crippen LogP contribution in [0.3, 0.4) is 0 Å². The van der Waals surface area contributed by atoms with Crippen LogP contribution in [-0.4, -0.2) is 33.8 Å². The normalized spacial score (nSPS) is 9.67. The van der Waals surface area contributed by atoms with Gasteiger partial charge in [0.2, 0.25) is 5.82 Å². The number of aromatic nitrogens is 2. The van der Waals surface area contributed by atoms with Crippen molar-refractivity contribution in [2.24, 2.45) is 0 Å². The first kappa shape index (κ1) is 11.1. The van der Waals surface area contributed by atoms with Gasteiger partial charge in [0, 0.05) is 19.0 Å². The summed E-state index contributed by atoms with van der Waals surface area (Å²) in [6.07, 6.45) is 3.30. The van der Waals surface area contributed by atoms with Gasteiger partial charge in [-0.2, -0.15) is 0 Å². The van der Waals surface area contributed by atoms with Gasteiger partial charge in [0.25, 0.3) is 0 Å². The highest BCUT2D eigenvalue weighted by Crippen LogP contribution is 2.09. The standard InChI is InChI=1S/C9H12N4O2/c1-2-3-11-7-6(4-10)5-12-8(13-7)9(14)15/h4-5,10H,2-3H2,1H3,(H,14,15)(H,11,12,13). The Labute approximate surface area is 86.9 Å². The number of nitrogens with zero attached hydrogens (tertiary/aromatic N) is 2. The molecule has 1 aromatic rings. The summed E-state index contributed by atoms with van der Waals surface area (Å²) in [5, 5.41) is 18.7. The van der Waals surface area contributed by atoms with Crippen molar-refractivity contribution >= 4 is 18.0 Å². The molecule has 0 radical (unpaired) electrons. The molecule has 1 aromatic heterocycles. The van der Waals surface area contributed by atoms with Crippen LogP contribution in [0.4, 0.5) is 5.82 Å². The minimum atomic E-state index is -1.17. The second-order valence-corrected chi connectivity index (χ2v) is 2.87. The number of aromatic carboxylic acids is 1. The van der Waals surface area contributed by atoms with Crippen LogP contribution in [0.15, 0.2) is 6.20 Å². The van der Waals surface area contributed by atoms with E-state index in [4.69, 9.17) is 10.5 Å². The van der Waals surface area contributed by atoms with Gasteiger partial charge in [0.15, 0.2) is 0 Å². The number of hydrogen-bond acceptors (Lipinski definition) is 5. The van der Waals surface area contributed by atoms with E-state index in [-0.39, 0.29) is 5.82 Å². The summed E-state index contributed by atoms with van der Waals surface area (Å²) in [6, 6.07) is 0. The fraction of sp³-hybridized carbons (Fsp3) is 0.333. The van der Waals surface area contributed by atoms with Crippen LogP contribution in [0, 0.1) is 5.41 Å². The average molecular weight is 208 g/mol. The van der Waals surface area contributed by atoms with Gasteiger partial charge >= 0.3 is 5.97 Å². The summed E-state index contributed by atoms with van der Waals surface area (Å²) in [4.78, 5) is 18.0. The Balaban J connectivity index is 3.01. The number of anilines is 1. The first-order chi connectivity index (χ1) is 7.19. The quantitative estimate of drug-likeness (QED) is 0.627. The van der Waals surface area contributed by atoms with Gasteiger partial charge in [-0.15, -0.1) is 0 Å². The van der Waals surface area contributed by atoms with E-state index < -0.39 is 5.97 Å². The molecule has 3 N–H and O–H groups in total. The molecule has 6 nitrogen and oxygen atoms in total. The van der Waals surface area contributed by atoms with Crippen molar-refractivity contribution in [1.82, 2.24) is 9.97 Å². The fourth-order valence-corrected chi connectivity index (χ4v) is 0.985. The van der Waals surface area contributed by atoms with Gasteiger partial charge in [-0.3, -0.25) is 0 Å². The molecule has 1 heterocycles. The third-order valence-corrected chi connectivity index (χ3v) is 1.71. The highest BCUT2D eigenvalue weighted by atomic mass is 16.4. The van der Waals surface area contributed by atoms with Crippen LogP contribution < -0.4 is 5.32 Å². The smallest absolute Gasteiger partial charge is 0.374 e. The van der Waals surface area contributed by atoms with Crippen LogP contribution in [0.1, 0.15) is 29.5 Å². The molecule has 0 fully saturated rings. The van der Waals surface area contributed by atoms with Gasteiger partial charge < -0.3 is 15.8 Å². The molecule has 1 rings (SSSR count). The fourth-order valence-electron chi connectivity index (χ4n) is 0.985. The number of carbonyl (C=O) groups is 1. The molecule has 0 saturated heterocycles. The van der Waals surface area contributed by atoms with Crippen molar-refractivity contribution in [2.45, 2.75) is 13.3 Å². The maximum atomic E-state index is 10.6. The van der Waals surface area contributed by atoms with Crippen LogP contribution in [0.25, 0.3) is 0 Å². The molecule has 0 amide bonds. The largest absolute Gasteiger partial charge is 0.475 e. The lowest BCUT2D eigenvalue weighted by Gasteiger charge is -2.06. The van der Waals surface area contributed by atoms with Gasteiger partial charge in [-0.05, 0) is 6.42 Å². The third kappa shape index (κ3) is 2.73. The average Bonchev–Trinajstić information content (AvgIpc) is 2.25. The molecule has 0 atom stereocenters. The first-order valence-corrected chi connectivity index (χ1v) is 4.53. The Bertz CT molecular complexity index is 378. The first-order valence-electron chi connectivity index (χ1n) is 4.53. The lowest BCUT2D eigenvalue weighted by molar-refractivity contribution is 0.0683. The van der Waals surface area contributed by atoms with Crippen molar-refractivity contribution in [3.63, 3.8) is 0 Å². The molecule has 0 unspecified atom stereocenters. The van der Waals surface area contributed by atoms with Crippen LogP contribution >= 0.6 is 0 Å². The number of nitrogens with one attached hydrogen (secondary N) is 2. The molecule has 15 heavy (non-hydrogen) atoms. The highest BCUT2D eigenvalue weighted by molar-refractivity contribution is 5.87. The Kier molecular flexibility index (Phi) is 3.73.